The monoisotopic (exact) mass is 195 g/mol. The Morgan fingerprint density at radius 1 is 1.46 bits per heavy atom. The molecule has 0 saturated carbocycles. The SMILES string of the molecule is CCc1cnc2c(ncn2C)c1Cl. The van der Waals surface area contributed by atoms with E-state index in [4.69, 9.17) is 11.6 Å². The second kappa shape index (κ2) is 3.00. The Kier molecular flexibility index (Phi) is 1.96. The van der Waals surface area contributed by atoms with E-state index in [-0.39, 0.29) is 0 Å². The minimum Gasteiger partial charge on any atom is -0.318 e. The predicted octanol–water partition coefficient (Wildman–Crippen LogP) is 2.18. The third-order valence-electron chi connectivity index (χ3n) is 2.12. The van der Waals surface area contributed by atoms with Crippen molar-refractivity contribution in [3.8, 4) is 0 Å². The molecule has 2 rings (SSSR count). The summed E-state index contributed by atoms with van der Waals surface area (Å²) in [6.45, 7) is 2.05. The van der Waals surface area contributed by atoms with Crippen LogP contribution in [0.1, 0.15) is 12.5 Å². The zero-order valence-corrected chi connectivity index (χ0v) is 8.34. The van der Waals surface area contributed by atoms with Gasteiger partial charge in [0.1, 0.15) is 5.52 Å². The van der Waals surface area contributed by atoms with E-state index in [1.54, 1.807) is 6.33 Å². The van der Waals surface area contributed by atoms with Crippen LogP contribution in [-0.4, -0.2) is 14.5 Å². The molecule has 68 valence electrons. The van der Waals surface area contributed by atoms with Crippen LogP contribution in [0.25, 0.3) is 11.2 Å². The van der Waals surface area contributed by atoms with E-state index in [2.05, 4.69) is 16.9 Å². The fourth-order valence-corrected chi connectivity index (χ4v) is 1.64. The number of aromatic nitrogens is 3. The van der Waals surface area contributed by atoms with Crippen molar-refractivity contribution in [3.05, 3.63) is 23.1 Å². The molecule has 0 N–H and O–H groups in total. The standard InChI is InChI=1S/C9H10ClN3/c1-3-6-4-11-9-8(7(6)10)12-5-13(9)2/h4-5H,3H2,1-2H3. The van der Waals surface area contributed by atoms with Gasteiger partial charge in [0.15, 0.2) is 5.65 Å². The average molecular weight is 196 g/mol. The summed E-state index contributed by atoms with van der Waals surface area (Å²) in [5, 5.41) is 0.730. The third-order valence-corrected chi connectivity index (χ3v) is 2.54. The van der Waals surface area contributed by atoms with Gasteiger partial charge in [-0.15, -0.1) is 0 Å². The molecule has 0 aliphatic rings. The van der Waals surface area contributed by atoms with E-state index in [1.165, 1.54) is 0 Å². The van der Waals surface area contributed by atoms with Gasteiger partial charge in [-0.2, -0.15) is 0 Å². The molecule has 0 aliphatic heterocycles. The molecule has 2 aromatic heterocycles. The Morgan fingerprint density at radius 3 is 2.92 bits per heavy atom. The van der Waals surface area contributed by atoms with Gasteiger partial charge in [-0.25, -0.2) is 9.97 Å². The highest BCUT2D eigenvalue weighted by Crippen LogP contribution is 2.23. The molecule has 2 aromatic rings. The minimum atomic E-state index is 0.730. The van der Waals surface area contributed by atoms with Crippen LogP contribution in [0.5, 0.6) is 0 Å². The van der Waals surface area contributed by atoms with E-state index in [1.807, 2.05) is 17.8 Å². The van der Waals surface area contributed by atoms with Crippen molar-refractivity contribution in [1.82, 2.24) is 14.5 Å². The van der Waals surface area contributed by atoms with Crippen LogP contribution in [0.2, 0.25) is 5.02 Å². The number of pyridine rings is 1. The van der Waals surface area contributed by atoms with Crippen LogP contribution in [0, 0.1) is 0 Å². The fourth-order valence-electron chi connectivity index (χ4n) is 1.33. The van der Waals surface area contributed by atoms with Crippen molar-refractivity contribution in [2.45, 2.75) is 13.3 Å². The van der Waals surface area contributed by atoms with Crippen molar-refractivity contribution < 1.29 is 0 Å². The van der Waals surface area contributed by atoms with E-state index in [0.29, 0.717) is 0 Å². The lowest BCUT2D eigenvalue weighted by molar-refractivity contribution is 0.929. The highest BCUT2D eigenvalue weighted by molar-refractivity contribution is 6.35. The first-order valence-electron chi connectivity index (χ1n) is 4.18. The first-order chi connectivity index (χ1) is 6.24. The second-order valence-electron chi connectivity index (χ2n) is 2.98. The fraction of sp³-hybridized carbons (Fsp3) is 0.333. The number of aryl methyl sites for hydroxylation is 2. The Labute approximate surface area is 81.4 Å². The maximum atomic E-state index is 6.14. The maximum absolute atomic E-state index is 6.14. The highest BCUT2D eigenvalue weighted by Gasteiger charge is 2.08. The first-order valence-corrected chi connectivity index (χ1v) is 4.56. The molecule has 0 spiro atoms. The van der Waals surface area contributed by atoms with Gasteiger partial charge < -0.3 is 4.57 Å². The summed E-state index contributed by atoms with van der Waals surface area (Å²) in [7, 11) is 1.91. The normalized spacial score (nSPS) is 11.0. The molecule has 4 heteroatoms. The lowest BCUT2D eigenvalue weighted by Gasteiger charge is -2.00. The van der Waals surface area contributed by atoms with Crippen molar-refractivity contribution in [2.24, 2.45) is 7.05 Å². The molecule has 0 saturated heterocycles. The number of imidazole rings is 1. The summed E-state index contributed by atoms with van der Waals surface area (Å²) in [5.74, 6) is 0. The molecule has 0 radical (unpaired) electrons. The number of hydrogen-bond donors (Lipinski definition) is 0. The van der Waals surface area contributed by atoms with Gasteiger partial charge in [0.25, 0.3) is 0 Å². The van der Waals surface area contributed by atoms with Gasteiger partial charge in [0.2, 0.25) is 0 Å². The van der Waals surface area contributed by atoms with Crippen LogP contribution in [-0.2, 0) is 13.5 Å². The maximum Gasteiger partial charge on any atom is 0.161 e. The summed E-state index contributed by atoms with van der Waals surface area (Å²) in [6.07, 6.45) is 4.42. The number of hydrogen-bond acceptors (Lipinski definition) is 2. The van der Waals surface area contributed by atoms with Gasteiger partial charge in [0.05, 0.1) is 11.3 Å². The summed E-state index contributed by atoms with van der Waals surface area (Å²) in [5.41, 5.74) is 2.68. The van der Waals surface area contributed by atoms with E-state index >= 15 is 0 Å². The van der Waals surface area contributed by atoms with Gasteiger partial charge >= 0.3 is 0 Å². The topological polar surface area (TPSA) is 30.7 Å². The zero-order chi connectivity index (χ0) is 9.42. The molecule has 3 nitrogen and oxygen atoms in total. The van der Waals surface area contributed by atoms with Crippen molar-refractivity contribution >= 4 is 22.8 Å². The number of fused-ring (bicyclic) bond motifs is 1. The van der Waals surface area contributed by atoms with Gasteiger partial charge in [0, 0.05) is 13.2 Å². The predicted molar refractivity (Wildman–Crippen MR) is 52.9 cm³/mol. The number of halogens is 1. The van der Waals surface area contributed by atoms with Crippen LogP contribution >= 0.6 is 11.6 Å². The zero-order valence-electron chi connectivity index (χ0n) is 7.58. The molecular formula is C9H10ClN3. The molecule has 13 heavy (non-hydrogen) atoms. The summed E-state index contributed by atoms with van der Waals surface area (Å²) in [4.78, 5) is 8.48. The van der Waals surface area contributed by atoms with E-state index < -0.39 is 0 Å². The molecule has 0 fully saturated rings. The Bertz CT molecular complexity index is 447. The largest absolute Gasteiger partial charge is 0.318 e. The smallest absolute Gasteiger partial charge is 0.161 e. The highest BCUT2D eigenvalue weighted by atomic mass is 35.5. The van der Waals surface area contributed by atoms with Crippen LogP contribution in [0.15, 0.2) is 12.5 Å². The minimum absolute atomic E-state index is 0.730. The Balaban J connectivity index is 2.80. The Morgan fingerprint density at radius 2 is 2.23 bits per heavy atom. The lowest BCUT2D eigenvalue weighted by Crippen LogP contribution is -1.90. The summed E-state index contributed by atoms with van der Waals surface area (Å²) < 4.78 is 1.86. The van der Waals surface area contributed by atoms with Crippen LogP contribution < -0.4 is 0 Å². The first kappa shape index (κ1) is 8.51. The molecule has 0 bridgehead atoms. The van der Waals surface area contributed by atoms with Gasteiger partial charge in [-0.05, 0) is 12.0 Å². The van der Waals surface area contributed by atoms with Crippen molar-refractivity contribution in [1.29, 1.82) is 0 Å². The van der Waals surface area contributed by atoms with Crippen molar-refractivity contribution in [3.63, 3.8) is 0 Å². The van der Waals surface area contributed by atoms with Gasteiger partial charge in [-0.3, -0.25) is 0 Å². The number of nitrogens with zero attached hydrogens (tertiary/aromatic N) is 3. The quantitative estimate of drug-likeness (QED) is 0.699. The van der Waals surface area contributed by atoms with Gasteiger partial charge in [-0.1, -0.05) is 18.5 Å². The molecule has 0 amide bonds. The molecule has 0 atom stereocenters. The molecular weight excluding hydrogens is 186 g/mol. The van der Waals surface area contributed by atoms with E-state index in [9.17, 15) is 0 Å². The second-order valence-corrected chi connectivity index (χ2v) is 3.36. The molecule has 0 aliphatic carbocycles. The van der Waals surface area contributed by atoms with Crippen molar-refractivity contribution in [2.75, 3.05) is 0 Å². The van der Waals surface area contributed by atoms with E-state index in [0.717, 1.165) is 28.2 Å². The molecule has 0 aromatic carbocycles. The molecule has 0 unspecified atom stereocenters. The Hall–Kier alpha value is -1.09. The van der Waals surface area contributed by atoms with Crippen LogP contribution in [0.3, 0.4) is 0 Å². The number of rotatable bonds is 1. The lowest BCUT2D eigenvalue weighted by atomic mass is 10.2. The average Bonchev–Trinajstić information content (AvgIpc) is 2.50. The summed E-state index contributed by atoms with van der Waals surface area (Å²) in [6, 6.07) is 0. The third kappa shape index (κ3) is 1.20. The summed E-state index contributed by atoms with van der Waals surface area (Å²) >= 11 is 6.14. The molecule has 2 heterocycles. The van der Waals surface area contributed by atoms with Crippen LogP contribution in [0.4, 0.5) is 0 Å².